The molecule has 0 radical (unpaired) electrons. The Balaban J connectivity index is 1.94. The number of aliphatic hydroxyl groups is 1. The Kier molecular flexibility index (Phi) is 4.41. The second-order valence-electron chi connectivity index (χ2n) is 5.56. The summed E-state index contributed by atoms with van der Waals surface area (Å²) < 4.78 is 21.4. The Hall–Kier alpha value is -2.93. The topological polar surface area (TPSA) is 137 Å². The molecule has 0 atom stereocenters. The maximum Gasteiger partial charge on any atom is 0.362 e. The molecule has 1 aliphatic heterocycles. The van der Waals surface area contributed by atoms with Crippen molar-refractivity contribution in [2.75, 3.05) is 6.35 Å². The van der Waals surface area contributed by atoms with Crippen molar-refractivity contribution in [3.8, 4) is 23.0 Å². The predicted octanol–water partition coefficient (Wildman–Crippen LogP) is 2.94. The van der Waals surface area contributed by atoms with E-state index < -0.39 is 19.7 Å². The lowest BCUT2D eigenvalue weighted by atomic mass is 9.99. The quantitative estimate of drug-likeness (QED) is 0.512. The molecule has 5 N–H and O–H groups in total. The number of ether oxygens (including phenoxy) is 2. The van der Waals surface area contributed by atoms with Crippen LogP contribution < -0.4 is 9.47 Å². The van der Waals surface area contributed by atoms with Gasteiger partial charge in [-0.05, 0) is 30.3 Å². The number of aromatic hydroxyl groups is 2. The molecule has 0 saturated heterocycles. The summed E-state index contributed by atoms with van der Waals surface area (Å²) in [6.07, 6.45) is -0.881. The highest BCUT2D eigenvalue weighted by atomic mass is 31.2. The summed E-state index contributed by atoms with van der Waals surface area (Å²) in [6, 6.07) is 8.28. The monoisotopic (exact) mass is 378 g/mol. The van der Waals surface area contributed by atoms with Crippen LogP contribution in [0.5, 0.6) is 23.0 Å². The maximum atomic E-state index is 10.9. The minimum absolute atomic E-state index is 0.00457. The van der Waals surface area contributed by atoms with Gasteiger partial charge >= 0.3 is 7.60 Å². The number of phenolic OH excluding ortho intramolecular Hbond substituents is 2. The molecule has 3 rings (SSSR count). The summed E-state index contributed by atoms with van der Waals surface area (Å²) in [5.41, 5.74) is 1.07. The largest absolute Gasteiger partial charge is 0.508 e. The highest BCUT2D eigenvalue weighted by molar-refractivity contribution is 7.51. The molecule has 0 fully saturated rings. The fraction of sp³-hybridized carbons (Fsp3) is 0.0588. The normalized spacial score (nSPS) is 14.0. The summed E-state index contributed by atoms with van der Waals surface area (Å²) in [6.45, 7) is 3.80. The standard InChI is InChI=1S/C17H15O8P/c1-9-12-4-3-11(18)7-15(12)25-17(16(9)20)10-2-5-14(13(19)6-10)24-8-26(21,22)23/h2-7,18-20H,1,8H2,(H2,21,22,23). The van der Waals surface area contributed by atoms with E-state index in [1.807, 2.05) is 0 Å². The molecular formula is C17H15O8P. The first-order valence-electron chi connectivity index (χ1n) is 7.30. The smallest absolute Gasteiger partial charge is 0.362 e. The lowest BCUT2D eigenvalue weighted by Crippen LogP contribution is -2.08. The van der Waals surface area contributed by atoms with Crippen molar-refractivity contribution >= 4 is 18.9 Å². The average molecular weight is 378 g/mol. The van der Waals surface area contributed by atoms with Crippen molar-refractivity contribution in [3.05, 3.63) is 59.9 Å². The van der Waals surface area contributed by atoms with Crippen molar-refractivity contribution in [1.29, 1.82) is 0 Å². The highest BCUT2D eigenvalue weighted by Gasteiger charge is 2.25. The Morgan fingerprint density at radius 1 is 1.08 bits per heavy atom. The summed E-state index contributed by atoms with van der Waals surface area (Å²) in [5, 5.41) is 30.0. The summed E-state index contributed by atoms with van der Waals surface area (Å²) >= 11 is 0. The zero-order chi connectivity index (χ0) is 19.1. The molecule has 9 heteroatoms. The van der Waals surface area contributed by atoms with Crippen molar-refractivity contribution < 1.29 is 39.1 Å². The number of benzene rings is 2. The summed E-state index contributed by atoms with van der Waals surface area (Å²) in [4.78, 5) is 17.6. The molecular weight excluding hydrogens is 363 g/mol. The van der Waals surface area contributed by atoms with Crippen LogP contribution in [0, 0.1) is 0 Å². The predicted molar refractivity (Wildman–Crippen MR) is 93.0 cm³/mol. The maximum absolute atomic E-state index is 10.9. The lowest BCUT2D eigenvalue weighted by Gasteiger charge is -2.22. The Morgan fingerprint density at radius 2 is 1.81 bits per heavy atom. The number of allylic oxidation sites excluding steroid dienone is 1. The van der Waals surface area contributed by atoms with Gasteiger partial charge in [-0.15, -0.1) is 0 Å². The molecule has 2 aromatic rings. The summed E-state index contributed by atoms with van der Waals surface area (Å²) in [7, 11) is -4.39. The van der Waals surface area contributed by atoms with Crippen LogP contribution in [-0.4, -0.2) is 31.5 Å². The van der Waals surface area contributed by atoms with Crippen molar-refractivity contribution in [1.82, 2.24) is 0 Å². The molecule has 0 saturated carbocycles. The van der Waals surface area contributed by atoms with Crippen LogP contribution in [0.4, 0.5) is 0 Å². The molecule has 26 heavy (non-hydrogen) atoms. The number of rotatable bonds is 4. The molecule has 136 valence electrons. The van der Waals surface area contributed by atoms with Gasteiger partial charge in [0.25, 0.3) is 0 Å². The van der Waals surface area contributed by atoms with Crippen molar-refractivity contribution in [2.45, 2.75) is 0 Å². The number of aliphatic hydroxyl groups excluding tert-OH is 1. The fourth-order valence-electron chi connectivity index (χ4n) is 2.40. The fourth-order valence-corrected chi connectivity index (χ4v) is 2.70. The van der Waals surface area contributed by atoms with Crippen LogP contribution in [0.15, 0.2) is 48.7 Å². The van der Waals surface area contributed by atoms with Gasteiger partial charge in [0.2, 0.25) is 0 Å². The van der Waals surface area contributed by atoms with Gasteiger partial charge < -0.3 is 34.6 Å². The molecule has 0 bridgehead atoms. The van der Waals surface area contributed by atoms with Gasteiger partial charge in [-0.2, -0.15) is 0 Å². The van der Waals surface area contributed by atoms with E-state index in [0.717, 1.165) is 0 Å². The first kappa shape index (κ1) is 17.9. The van der Waals surface area contributed by atoms with E-state index in [0.29, 0.717) is 5.56 Å². The van der Waals surface area contributed by atoms with E-state index in [-0.39, 0.29) is 39.9 Å². The number of hydrogen-bond acceptors (Lipinski definition) is 6. The molecule has 2 aromatic carbocycles. The van der Waals surface area contributed by atoms with Crippen LogP contribution in [0.3, 0.4) is 0 Å². The minimum atomic E-state index is -4.39. The molecule has 0 spiro atoms. The Morgan fingerprint density at radius 3 is 2.46 bits per heavy atom. The minimum Gasteiger partial charge on any atom is -0.508 e. The van der Waals surface area contributed by atoms with Gasteiger partial charge in [0, 0.05) is 22.8 Å². The lowest BCUT2D eigenvalue weighted by molar-refractivity contribution is 0.291. The van der Waals surface area contributed by atoms with E-state index in [2.05, 4.69) is 6.58 Å². The molecule has 0 amide bonds. The molecule has 1 heterocycles. The van der Waals surface area contributed by atoms with Crippen molar-refractivity contribution in [3.63, 3.8) is 0 Å². The van der Waals surface area contributed by atoms with Crippen LogP contribution >= 0.6 is 7.60 Å². The second-order valence-corrected chi connectivity index (χ2v) is 7.15. The number of hydrogen-bond donors (Lipinski definition) is 5. The highest BCUT2D eigenvalue weighted by Crippen LogP contribution is 2.43. The van der Waals surface area contributed by atoms with Gasteiger partial charge in [0.05, 0.1) is 0 Å². The van der Waals surface area contributed by atoms with Crippen molar-refractivity contribution in [2.24, 2.45) is 0 Å². The van der Waals surface area contributed by atoms with Gasteiger partial charge in [0.15, 0.2) is 29.4 Å². The zero-order valence-electron chi connectivity index (χ0n) is 13.3. The number of fused-ring (bicyclic) bond motifs is 1. The zero-order valence-corrected chi connectivity index (χ0v) is 14.2. The van der Waals surface area contributed by atoms with E-state index >= 15 is 0 Å². The molecule has 0 unspecified atom stereocenters. The van der Waals surface area contributed by atoms with E-state index in [4.69, 9.17) is 19.3 Å². The Labute approximate surface area is 148 Å². The van der Waals surface area contributed by atoms with Gasteiger partial charge in [0.1, 0.15) is 11.5 Å². The molecule has 1 aliphatic rings. The van der Waals surface area contributed by atoms with E-state index in [1.54, 1.807) is 6.07 Å². The molecule has 0 aliphatic carbocycles. The second kappa shape index (κ2) is 6.42. The average Bonchev–Trinajstić information content (AvgIpc) is 2.56. The first-order chi connectivity index (χ1) is 12.2. The summed E-state index contributed by atoms with van der Waals surface area (Å²) in [5.74, 6) is -0.515. The van der Waals surface area contributed by atoms with Crippen LogP contribution in [0.1, 0.15) is 11.1 Å². The molecule has 8 nitrogen and oxygen atoms in total. The van der Waals surface area contributed by atoms with Crippen LogP contribution in [0.2, 0.25) is 0 Å². The van der Waals surface area contributed by atoms with Gasteiger partial charge in [-0.25, -0.2) is 0 Å². The van der Waals surface area contributed by atoms with Gasteiger partial charge in [-0.3, -0.25) is 4.57 Å². The van der Waals surface area contributed by atoms with Crippen LogP contribution in [0.25, 0.3) is 11.3 Å². The third-order valence-electron chi connectivity index (χ3n) is 3.61. The van der Waals surface area contributed by atoms with E-state index in [9.17, 15) is 19.9 Å². The molecule has 0 aromatic heterocycles. The number of phenols is 2. The Bertz CT molecular complexity index is 973. The van der Waals surface area contributed by atoms with Crippen LogP contribution in [-0.2, 0) is 4.57 Å². The SMILES string of the molecule is C=C1C(O)=C(c2ccc(OCP(=O)(O)O)c(O)c2)Oc2cc(O)ccc21. The van der Waals surface area contributed by atoms with E-state index in [1.165, 1.54) is 30.3 Å². The third-order valence-corrected chi connectivity index (χ3v) is 4.08. The first-order valence-corrected chi connectivity index (χ1v) is 9.10. The van der Waals surface area contributed by atoms with Gasteiger partial charge in [-0.1, -0.05) is 6.58 Å². The third kappa shape index (κ3) is 3.52.